The average molecular weight is 337 g/mol. The van der Waals surface area contributed by atoms with Gasteiger partial charge in [-0.1, -0.05) is 41.9 Å². The summed E-state index contributed by atoms with van der Waals surface area (Å²) in [6.07, 6.45) is 3.11. The summed E-state index contributed by atoms with van der Waals surface area (Å²) >= 11 is 9.24. The van der Waals surface area contributed by atoms with Crippen molar-refractivity contribution >= 4 is 39.0 Å². The number of hydrogen-bond donors (Lipinski definition) is 1. The van der Waals surface area contributed by atoms with E-state index in [0.717, 1.165) is 10.2 Å². The molecule has 0 aromatic heterocycles. The zero-order valence-electron chi connectivity index (χ0n) is 9.94. The second-order valence-electron chi connectivity index (χ2n) is 3.84. The lowest BCUT2D eigenvalue weighted by Crippen LogP contribution is -1.95. The van der Waals surface area contributed by atoms with E-state index in [0.29, 0.717) is 10.6 Å². The number of nitrogens with one attached hydrogen (secondary N) is 1. The largest absolute Gasteiger partial charge is 0.362 e. The van der Waals surface area contributed by atoms with E-state index in [-0.39, 0.29) is 5.78 Å². The molecule has 0 atom stereocenters. The first kappa shape index (κ1) is 13.8. The quantitative estimate of drug-likeness (QED) is 0.635. The normalized spacial score (nSPS) is 10.6. The highest BCUT2D eigenvalue weighted by atomic mass is 79.9. The fourth-order valence-corrected chi connectivity index (χ4v) is 1.99. The van der Waals surface area contributed by atoms with Crippen LogP contribution in [-0.4, -0.2) is 5.78 Å². The van der Waals surface area contributed by atoms with E-state index < -0.39 is 0 Å². The molecule has 2 nitrogen and oxygen atoms in total. The minimum atomic E-state index is -0.0406. The van der Waals surface area contributed by atoms with Crippen LogP contribution in [0.25, 0.3) is 0 Å². The van der Waals surface area contributed by atoms with Crippen LogP contribution in [0.15, 0.2) is 65.3 Å². The molecular formula is C15H11BrClNO. The molecule has 0 aliphatic carbocycles. The van der Waals surface area contributed by atoms with E-state index in [9.17, 15) is 4.79 Å². The van der Waals surface area contributed by atoms with E-state index in [1.165, 1.54) is 6.08 Å². The number of allylic oxidation sites excluding steroid dienone is 1. The highest BCUT2D eigenvalue weighted by Crippen LogP contribution is 2.25. The summed E-state index contributed by atoms with van der Waals surface area (Å²) in [5, 5.41) is 3.67. The molecule has 2 aromatic rings. The summed E-state index contributed by atoms with van der Waals surface area (Å²) in [4.78, 5) is 11.8. The monoisotopic (exact) mass is 335 g/mol. The lowest BCUT2D eigenvalue weighted by Gasteiger charge is -2.02. The second-order valence-corrected chi connectivity index (χ2v) is 5.10. The predicted molar refractivity (Wildman–Crippen MR) is 82.7 cm³/mol. The molecule has 0 aliphatic heterocycles. The first-order valence-electron chi connectivity index (χ1n) is 5.64. The lowest BCUT2D eigenvalue weighted by molar-refractivity contribution is 0.104. The number of benzene rings is 2. The van der Waals surface area contributed by atoms with Crippen LogP contribution in [0, 0.1) is 0 Å². The third-order valence-corrected chi connectivity index (χ3v) is 3.68. The second kappa shape index (κ2) is 6.55. The Morgan fingerprint density at radius 1 is 1.16 bits per heavy atom. The Labute approximate surface area is 125 Å². The number of carbonyl (C=O) groups excluding carboxylic acids is 1. The van der Waals surface area contributed by atoms with Crippen molar-refractivity contribution in [2.45, 2.75) is 0 Å². The maximum Gasteiger partial charge on any atom is 0.187 e. The van der Waals surface area contributed by atoms with Gasteiger partial charge >= 0.3 is 0 Å². The molecule has 1 N–H and O–H groups in total. The van der Waals surface area contributed by atoms with E-state index in [4.69, 9.17) is 11.6 Å². The molecule has 96 valence electrons. The first-order chi connectivity index (χ1) is 9.16. The van der Waals surface area contributed by atoms with Gasteiger partial charge in [-0.05, 0) is 34.1 Å². The minimum Gasteiger partial charge on any atom is -0.362 e. The third-order valence-electron chi connectivity index (χ3n) is 2.46. The van der Waals surface area contributed by atoms with Crippen molar-refractivity contribution < 1.29 is 4.79 Å². The van der Waals surface area contributed by atoms with Gasteiger partial charge in [0.1, 0.15) is 0 Å². The van der Waals surface area contributed by atoms with Gasteiger partial charge in [0.2, 0.25) is 0 Å². The summed E-state index contributed by atoms with van der Waals surface area (Å²) in [5.41, 5.74) is 1.52. The molecule has 0 fully saturated rings. The number of carbonyl (C=O) groups is 1. The zero-order valence-corrected chi connectivity index (χ0v) is 12.3. The summed E-state index contributed by atoms with van der Waals surface area (Å²) < 4.78 is 0.807. The van der Waals surface area contributed by atoms with Crippen LogP contribution in [0.2, 0.25) is 5.02 Å². The fraction of sp³-hybridized carbons (Fsp3) is 0. The SMILES string of the molecule is O=C(/C=C/Nc1ccc(Cl)c(Br)c1)c1ccccc1. The van der Waals surface area contributed by atoms with Gasteiger partial charge < -0.3 is 5.32 Å². The van der Waals surface area contributed by atoms with Crippen LogP contribution >= 0.6 is 27.5 Å². The molecule has 0 heterocycles. The van der Waals surface area contributed by atoms with Gasteiger partial charge in [0.25, 0.3) is 0 Å². The molecule has 0 radical (unpaired) electrons. The van der Waals surface area contributed by atoms with E-state index in [1.807, 2.05) is 30.3 Å². The predicted octanol–water partition coefficient (Wildman–Crippen LogP) is 4.91. The number of halogens is 2. The fourth-order valence-electron chi connectivity index (χ4n) is 1.50. The van der Waals surface area contributed by atoms with Crippen LogP contribution in [-0.2, 0) is 0 Å². The van der Waals surface area contributed by atoms with Crippen LogP contribution in [0.4, 0.5) is 5.69 Å². The number of anilines is 1. The Hall–Kier alpha value is -1.58. The molecule has 0 saturated heterocycles. The smallest absolute Gasteiger partial charge is 0.187 e. The molecule has 4 heteroatoms. The highest BCUT2D eigenvalue weighted by molar-refractivity contribution is 9.10. The number of ketones is 1. The van der Waals surface area contributed by atoms with Crippen molar-refractivity contribution in [2.24, 2.45) is 0 Å². The Bertz CT molecular complexity index is 611. The Morgan fingerprint density at radius 3 is 2.58 bits per heavy atom. The number of hydrogen-bond acceptors (Lipinski definition) is 2. The summed E-state index contributed by atoms with van der Waals surface area (Å²) in [6, 6.07) is 14.6. The molecule has 2 aromatic carbocycles. The van der Waals surface area contributed by atoms with E-state index in [1.54, 1.807) is 24.4 Å². The van der Waals surface area contributed by atoms with E-state index >= 15 is 0 Å². The molecule has 0 amide bonds. The Kier molecular flexibility index (Phi) is 4.77. The van der Waals surface area contributed by atoms with Crippen LogP contribution in [0.3, 0.4) is 0 Å². The molecule has 0 spiro atoms. The van der Waals surface area contributed by atoms with Crippen LogP contribution < -0.4 is 5.32 Å². The molecule has 0 saturated carbocycles. The number of rotatable bonds is 4. The third kappa shape index (κ3) is 3.94. The van der Waals surface area contributed by atoms with Gasteiger partial charge in [-0.2, -0.15) is 0 Å². The first-order valence-corrected chi connectivity index (χ1v) is 6.81. The standard InChI is InChI=1S/C15H11BrClNO/c16-13-10-12(6-7-14(13)17)18-9-8-15(19)11-4-2-1-3-5-11/h1-10,18H/b9-8+. The Balaban J connectivity index is 2.00. The van der Waals surface area contributed by atoms with Crippen molar-refractivity contribution in [3.05, 3.63) is 75.9 Å². The van der Waals surface area contributed by atoms with Gasteiger partial charge in [-0.25, -0.2) is 0 Å². The summed E-state index contributed by atoms with van der Waals surface area (Å²) in [6.45, 7) is 0. The minimum absolute atomic E-state index is 0.0406. The van der Waals surface area contributed by atoms with Gasteiger partial charge in [0, 0.05) is 28.0 Å². The maximum atomic E-state index is 11.8. The summed E-state index contributed by atoms with van der Waals surface area (Å²) in [5.74, 6) is -0.0406. The maximum absolute atomic E-state index is 11.8. The molecule has 0 aliphatic rings. The summed E-state index contributed by atoms with van der Waals surface area (Å²) in [7, 11) is 0. The average Bonchev–Trinajstić information content (AvgIpc) is 2.43. The molecule has 0 unspecified atom stereocenters. The van der Waals surface area contributed by atoms with Gasteiger partial charge in [-0.15, -0.1) is 0 Å². The van der Waals surface area contributed by atoms with Gasteiger partial charge in [0.05, 0.1) is 5.02 Å². The van der Waals surface area contributed by atoms with E-state index in [2.05, 4.69) is 21.2 Å². The van der Waals surface area contributed by atoms with Crippen molar-refractivity contribution in [3.63, 3.8) is 0 Å². The molecule has 19 heavy (non-hydrogen) atoms. The molecule has 2 rings (SSSR count). The van der Waals surface area contributed by atoms with Crippen molar-refractivity contribution in [2.75, 3.05) is 5.32 Å². The van der Waals surface area contributed by atoms with Crippen LogP contribution in [0.5, 0.6) is 0 Å². The van der Waals surface area contributed by atoms with Gasteiger partial charge in [0.15, 0.2) is 5.78 Å². The molecule has 0 bridgehead atoms. The topological polar surface area (TPSA) is 29.1 Å². The molecular weight excluding hydrogens is 326 g/mol. The van der Waals surface area contributed by atoms with Crippen molar-refractivity contribution in [1.29, 1.82) is 0 Å². The zero-order chi connectivity index (χ0) is 13.7. The van der Waals surface area contributed by atoms with Crippen molar-refractivity contribution in [3.8, 4) is 0 Å². The lowest BCUT2D eigenvalue weighted by atomic mass is 10.1. The highest BCUT2D eigenvalue weighted by Gasteiger charge is 2.00. The van der Waals surface area contributed by atoms with Gasteiger partial charge in [-0.3, -0.25) is 4.79 Å². The Morgan fingerprint density at radius 2 is 1.89 bits per heavy atom. The van der Waals surface area contributed by atoms with Crippen LogP contribution in [0.1, 0.15) is 10.4 Å². The van der Waals surface area contributed by atoms with Crippen molar-refractivity contribution in [1.82, 2.24) is 0 Å².